The highest BCUT2D eigenvalue weighted by Crippen LogP contribution is 2.22. The predicted octanol–water partition coefficient (Wildman–Crippen LogP) is 3.48. The van der Waals surface area contributed by atoms with Gasteiger partial charge < -0.3 is 11.1 Å². The van der Waals surface area contributed by atoms with Gasteiger partial charge >= 0.3 is 0 Å². The third-order valence-corrected chi connectivity index (χ3v) is 3.38. The molecule has 1 amide bonds. The van der Waals surface area contributed by atoms with E-state index in [1.807, 2.05) is 18.2 Å². The maximum atomic E-state index is 11.1. The fourth-order valence-corrected chi connectivity index (χ4v) is 2.16. The van der Waals surface area contributed by atoms with E-state index in [4.69, 9.17) is 17.3 Å². The van der Waals surface area contributed by atoms with Crippen molar-refractivity contribution < 1.29 is 4.79 Å². The Kier molecular flexibility index (Phi) is 5.02. The molecule has 2 rings (SSSR count). The smallest absolute Gasteiger partial charge is 0.248 e. The third-order valence-electron chi connectivity index (χ3n) is 3.05. The molecule has 0 aliphatic rings. The lowest BCUT2D eigenvalue weighted by molar-refractivity contribution is 0.100. The number of rotatable bonds is 6. The van der Waals surface area contributed by atoms with Gasteiger partial charge in [-0.05, 0) is 36.6 Å². The van der Waals surface area contributed by atoms with Gasteiger partial charge in [-0.15, -0.1) is 0 Å². The maximum Gasteiger partial charge on any atom is 0.248 e. The molecule has 0 aliphatic heterocycles. The second-order valence-electron chi connectivity index (χ2n) is 4.57. The Labute approximate surface area is 123 Å². The number of carbonyl (C=O) groups is 1. The summed E-state index contributed by atoms with van der Waals surface area (Å²) >= 11 is 6.08. The van der Waals surface area contributed by atoms with Crippen molar-refractivity contribution >= 4 is 23.2 Å². The molecule has 0 aliphatic carbocycles. The van der Waals surface area contributed by atoms with Crippen LogP contribution >= 0.6 is 11.6 Å². The molecule has 0 fully saturated rings. The van der Waals surface area contributed by atoms with Gasteiger partial charge in [-0.3, -0.25) is 4.79 Å². The van der Waals surface area contributed by atoms with Crippen molar-refractivity contribution in [3.05, 3.63) is 64.7 Å². The molecule has 0 saturated heterocycles. The van der Waals surface area contributed by atoms with Gasteiger partial charge in [0.25, 0.3) is 0 Å². The van der Waals surface area contributed by atoms with Crippen molar-refractivity contribution in [2.24, 2.45) is 5.73 Å². The fourth-order valence-electron chi connectivity index (χ4n) is 1.97. The lowest BCUT2D eigenvalue weighted by atomic mass is 10.1. The molecule has 0 bridgehead atoms. The number of hydrogen-bond donors (Lipinski definition) is 2. The van der Waals surface area contributed by atoms with Crippen molar-refractivity contribution in [2.75, 3.05) is 11.9 Å². The normalized spacial score (nSPS) is 10.2. The zero-order chi connectivity index (χ0) is 14.4. The van der Waals surface area contributed by atoms with Crippen molar-refractivity contribution in [1.29, 1.82) is 0 Å². The molecule has 2 aromatic rings. The Morgan fingerprint density at radius 2 is 1.90 bits per heavy atom. The molecule has 0 spiro atoms. The average molecular weight is 289 g/mol. The van der Waals surface area contributed by atoms with Crippen LogP contribution in [-0.2, 0) is 6.42 Å². The first-order valence-corrected chi connectivity index (χ1v) is 6.92. The van der Waals surface area contributed by atoms with Crippen LogP contribution in [0, 0.1) is 0 Å². The first-order chi connectivity index (χ1) is 9.66. The first-order valence-electron chi connectivity index (χ1n) is 6.54. The minimum absolute atomic E-state index is 0.450. The van der Waals surface area contributed by atoms with Crippen LogP contribution in [0.2, 0.25) is 5.02 Å². The van der Waals surface area contributed by atoms with E-state index in [-0.39, 0.29) is 0 Å². The van der Waals surface area contributed by atoms with Crippen LogP contribution in [0.1, 0.15) is 22.3 Å². The van der Waals surface area contributed by atoms with E-state index in [0.717, 1.165) is 25.1 Å². The van der Waals surface area contributed by atoms with E-state index in [9.17, 15) is 4.79 Å². The Hall–Kier alpha value is -2.00. The third kappa shape index (κ3) is 4.00. The predicted molar refractivity (Wildman–Crippen MR) is 83.2 cm³/mol. The molecule has 0 saturated carbocycles. The van der Waals surface area contributed by atoms with Gasteiger partial charge in [0, 0.05) is 12.1 Å². The van der Waals surface area contributed by atoms with Gasteiger partial charge in [-0.1, -0.05) is 41.9 Å². The van der Waals surface area contributed by atoms with Gasteiger partial charge in [0.1, 0.15) is 0 Å². The Bertz CT molecular complexity index is 584. The van der Waals surface area contributed by atoms with E-state index in [1.165, 1.54) is 5.56 Å². The molecule has 20 heavy (non-hydrogen) atoms. The van der Waals surface area contributed by atoms with E-state index < -0.39 is 5.91 Å². The maximum absolute atomic E-state index is 11.1. The van der Waals surface area contributed by atoms with E-state index >= 15 is 0 Å². The molecule has 104 valence electrons. The number of aryl methyl sites for hydroxylation is 1. The molecule has 0 radical (unpaired) electrons. The number of halogens is 1. The summed E-state index contributed by atoms with van der Waals surface area (Å²) < 4.78 is 0. The van der Waals surface area contributed by atoms with E-state index in [2.05, 4.69) is 17.4 Å². The number of anilines is 1. The minimum atomic E-state index is -0.450. The fraction of sp³-hybridized carbons (Fsp3) is 0.188. The molecule has 0 aromatic heterocycles. The van der Waals surface area contributed by atoms with Gasteiger partial charge in [0.05, 0.1) is 10.7 Å². The van der Waals surface area contributed by atoms with E-state index in [0.29, 0.717) is 10.6 Å². The van der Waals surface area contributed by atoms with E-state index in [1.54, 1.807) is 18.2 Å². The second kappa shape index (κ2) is 6.96. The zero-order valence-electron chi connectivity index (χ0n) is 11.1. The van der Waals surface area contributed by atoms with Crippen LogP contribution < -0.4 is 11.1 Å². The summed E-state index contributed by atoms with van der Waals surface area (Å²) in [5, 5.41) is 3.83. The van der Waals surface area contributed by atoms with Crippen LogP contribution in [0.5, 0.6) is 0 Å². The summed E-state index contributed by atoms with van der Waals surface area (Å²) in [5.74, 6) is -0.450. The number of nitrogens with one attached hydrogen (secondary N) is 1. The van der Waals surface area contributed by atoms with Crippen LogP contribution in [0.3, 0.4) is 0 Å². The number of amides is 1. The Morgan fingerprint density at radius 1 is 1.15 bits per heavy atom. The summed E-state index contributed by atoms with van der Waals surface area (Å²) in [6, 6.07) is 15.3. The minimum Gasteiger partial charge on any atom is -0.384 e. The Balaban J connectivity index is 1.88. The van der Waals surface area contributed by atoms with Crippen LogP contribution in [0.25, 0.3) is 0 Å². The number of nitrogens with two attached hydrogens (primary N) is 1. The monoisotopic (exact) mass is 288 g/mol. The molecule has 0 unspecified atom stereocenters. The van der Waals surface area contributed by atoms with Crippen LogP contribution in [-0.4, -0.2) is 12.5 Å². The SMILES string of the molecule is NC(=O)c1ccc(Cl)c(NCCCc2ccccc2)c1. The standard InChI is InChI=1S/C16H17ClN2O/c17-14-9-8-13(16(18)20)11-15(14)19-10-4-7-12-5-2-1-3-6-12/h1-3,5-6,8-9,11,19H,4,7,10H2,(H2,18,20). The lowest BCUT2D eigenvalue weighted by Crippen LogP contribution is -2.12. The van der Waals surface area contributed by atoms with Crippen molar-refractivity contribution in [3.8, 4) is 0 Å². The summed E-state index contributed by atoms with van der Waals surface area (Å²) in [5.41, 5.74) is 7.77. The molecular formula is C16H17ClN2O. The molecule has 0 heterocycles. The molecule has 3 N–H and O–H groups in total. The summed E-state index contributed by atoms with van der Waals surface area (Å²) in [6.07, 6.45) is 1.99. The van der Waals surface area contributed by atoms with Crippen molar-refractivity contribution in [1.82, 2.24) is 0 Å². The summed E-state index contributed by atoms with van der Waals surface area (Å²) in [7, 11) is 0. The van der Waals surface area contributed by atoms with Crippen molar-refractivity contribution in [3.63, 3.8) is 0 Å². The molecule has 0 atom stereocenters. The van der Waals surface area contributed by atoms with Crippen LogP contribution in [0.15, 0.2) is 48.5 Å². The number of hydrogen-bond acceptors (Lipinski definition) is 2. The second-order valence-corrected chi connectivity index (χ2v) is 4.98. The topological polar surface area (TPSA) is 55.1 Å². The van der Waals surface area contributed by atoms with Gasteiger partial charge in [-0.2, -0.15) is 0 Å². The number of carbonyl (C=O) groups excluding carboxylic acids is 1. The lowest BCUT2D eigenvalue weighted by Gasteiger charge is -2.09. The zero-order valence-corrected chi connectivity index (χ0v) is 11.9. The molecular weight excluding hydrogens is 272 g/mol. The molecule has 2 aromatic carbocycles. The van der Waals surface area contributed by atoms with Crippen molar-refractivity contribution in [2.45, 2.75) is 12.8 Å². The van der Waals surface area contributed by atoms with Gasteiger partial charge in [0.15, 0.2) is 0 Å². The molecule has 4 heteroatoms. The highest BCUT2D eigenvalue weighted by Gasteiger charge is 2.05. The van der Waals surface area contributed by atoms with Crippen LogP contribution in [0.4, 0.5) is 5.69 Å². The van der Waals surface area contributed by atoms with Gasteiger partial charge in [-0.25, -0.2) is 0 Å². The first kappa shape index (κ1) is 14.4. The Morgan fingerprint density at radius 3 is 2.60 bits per heavy atom. The number of primary amides is 1. The summed E-state index contributed by atoms with van der Waals surface area (Å²) in [6.45, 7) is 0.789. The average Bonchev–Trinajstić information content (AvgIpc) is 2.46. The largest absolute Gasteiger partial charge is 0.384 e. The highest BCUT2D eigenvalue weighted by molar-refractivity contribution is 6.33. The molecule has 3 nitrogen and oxygen atoms in total. The highest BCUT2D eigenvalue weighted by atomic mass is 35.5. The quantitative estimate of drug-likeness (QED) is 0.800. The van der Waals surface area contributed by atoms with Gasteiger partial charge in [0.2, 0.25) is 5.91 Å². The number of benzene rings is 2. The summed E-state index contributed by atoms with van der Waals surface area (Å²) in [4.78, 5) is 11.1.